The molecule has 0 heterocycles. The van der Waals surface area contributed by atoms with E-state index in [4.69, 9.17) is 0 Å². The number of hydrogen-bond acceptors (Lipinski definition) is 1. The van der Waals surface area contributed by atoms with Crippen LogP contribution >= 0.6 is 0 Å². The van der Waals surface area contributed by atoms with Gasteiger partial charge in [-0.05, 0) is 34.4 Å². The van der Waals surface area contributed by atoms with Crippen LogP contribution in [0.25, 0.3) is 16.8 Å². The molecule has 1 nitrogen and oxygen atoms in total. The van der Waals surface area contributed by atoms with Gasteiger partial charge in [-0.1, -0.05) is 36.4 Å². The summed E-state index contributed by atoms with van der Waals surface area (Å²) in [5, 5.41) is 2.42. The van der Waals surface area contributed by atoms with Crippen molar-refractivity contribution in [2.24, 2.45) is 0 Å². The second kappa shape index (κ2) is 3.06. The summed E-state index contributed by atoms with van der Waals surface area (Å²) in [5.41, 5.74) is 3.43. The fourth-order valence-corrected chi connectivity index (χ4v) is 2.19. The van der Waals surface area contributed by atoms with E-state index in [0.29, 0.717) is 0 Å². The Hall–Kier alpha value is -1.89. The summed E-state index contributed by atoms with van der Waals surface area (Å²) >= 11 is 0. The Morgan fingerprint density at radius 3 is 2.93 bits per heavy atom. The zero-order chi connectivity index (χ0) is 10.3. The van der Waals surface area contributed by atoms with Crippen molar-refractivity contribution >= 4 is 23.1 Å². The molecule has 0 unspecified atom stereocenters. The largest absolute Gasteiger partial charge is 0.298 e. The van der Waals surface area contributed by atoms with Crippen molar-refractivity contribution in [2.45, 2.75) is 6.42 Å². The molecule has 0 aromatic heterocycles. The lowest BCUT2D eigenvalue weighted by Crippen LogP contribution is -1.87. The summed E-state index contributed by atoms with van der Waals surface area (Å²) in [4.78, 5) is 10.7. The summed E-state index contributed by atoms with van der Waals surface area (Å²) in [6.07, 6.45) is 6.23. The van der Waals surface area contributed by atoms with Gasteiger partial charge in [-0.15, -0.1) is 0 Å². The van der Waals surface area contributed by atoms with Gasteiger partial charge in [0.25, 0.3) is 0 Å². The molecule has 0 saturated carbocycles. The van der Waals surface area contributed by atoms with Crippen molar-refractivity contribution in [1.82, 2.24) is 0 Å². The lowest BCUT2D eigenvalue weighted by Gasteiger charge is -2.05. The maximum atomic E-state index is 10.7. The van der Waals surface area contributed by atoms with Crippen molar-refractivity contribution in [3.63, 3.8) is 0 Å². The molecule has 15 heavy (non-hydrogen) atoms. The van der Waals surface area contributed by atoms with Crippen LogP contribution in [0.15, 0.2) is 36.4 Å². The Morgan fingerprint density at radius 1 is 1.13 bits per heavy atom. The maximum absolute atomic E-state index is 10.7. The molecule has 0 amide bonds. The number of carbonyl (C=O) groups is 1. The topological polar surface area (TPSA) is 17.1 Å². The molecule has 0 atom stereocenters. The minimum absolute atomic E-state index is 0.744. The number of allylic oxidation sites excluding steroid dienone is 1. The van der Waals surface area contributed by atoms with Crippen LogP contribution in [-0.2, 0) is 6.42 Å². The van der Waals surface area contributed by atoms with Gasteiger partial charge in [0.1, 0.15) is 6.29 Å². The Bertz CT molecular complexity index is 579. The number of carbonyl (C=O) groups excluding carboxylic acids is 1. The summed E-state index contributed by atoms with van der Waals surface area (Å²) in [6, 6.07) is 10.1. The highest BCUT2D eigenvalue weighted by Gasteiger charge is 2.08. The highest BCUT2D eigenvalue weighted by molar-refractivity contribution is 5.93. The summed E-state index contributed by atoms with van der Waals surface area (Å²) in [7, 11) is 0. The molecule has 1 aliphatic carbocycles. The summed E-state index contributed by atoms with van der Waals surface area (Å²) < 4.78 is 0. The molecular formula is C14H10O. The van der Waals surface area contributed by atoms with E-state index in [0.717, 1.165) is 23.7 Å². The van der Waals surface area contributed by atoms with Gasteiger partial charge in [-0.25, -0.2) is 0 Å². The lowest BCUT2D eigenvalue weighted by atomic mass is 9.99. The van der Waals surface area contributed by atoms with E-state index < -0.39 is 0 Å². The monoisotopic (exact) mass is 194 g/mol. The van der Waals surface area contributed by atoms with Crippen LogP contribution in [0.2, 0.25) is 0 Å². The quantitative estimate of drug-likeness (QED) is 0.637. The Morgan fingerprint density at radius 2 is 2.07 bits per heavy atom. The molecule has 1 heteroatoms. The molecule has 0 spiro atoms. The van der Waals surface area contributed by atoms with Gasteiger partial charge < -0.3 is 0 Å². The first kappa shape index (κ1) is 8.42. The molecule has 1 aliphatic rings. The number of benzene rings is 2. The molecular weight excluding hydrogens is 184 g/mol. The van der Waals surface area contributed by atoms with Crippen molar-refractivity contribution in [3.05, 3.63) is 53.1 Å². The second-order valence-corrected chi connectivity index (χ2v) is 3.84. The fourth-order valence-electron chi connectivity index (χ4n) is 2.19. The van der Waals surface area contributed by atoms with Crippen molar-refractivity contribution in [3.8, 4) is 0 Å². The van der Waals surface area contributed by atoms with E-state index in [9.17, 15) is 4.79 Å². The number of rotatable bonds is 1. The van der Waals surface area contributed by atoms with Gasteiger partial charge in [0.15, 0.2) is 0 Å². The maximum Gasteiger partial charge on any atom is 0.150 e. The molecule has 0 aliphatic heterocycles. The first-order valence-corrected chi connectivity index (χ1v) is 5.06. The second-order valence-electron chi connectivity index (χ2n) is 3.84. The molecule has 2 aromatic carbocycles. The fraction of sp³-hybridized carbons (Fsp3) is 0.0714. The average molecular weight is 194 g/mol. The van der Waals surface area contributed by atoms with Crippen molar-refractivity contribution < 1.29 is 4.79 Å². The zero-order valence-corrected chi connectivity index (χ0v) is 8.23. The van der Waals surface area contributed by atoms with Crippen LogP contribution in [0, 0.1) is 0 Å². The summed E-state index contributed by atoms with van der Waals surface area (Å²) in [6.45, 7) is 0. The van der Waals surface area contributed by atoms with E-state index in [2.05, 4.69) is 24.3 Å². The minimum atomic E-state index is 0.744. The molecule has 0 fully saturated rings. The molecule has 0 radical (unpaired) electrons. The van der Waals surface area contributed by atoms with E-state index in [-0.39, 0.29) is 0 Å². The molecule has 0 saturated heterocycles. The van der Waals surface area contributed by atoms with Gasteiger partial charge in [0.05, 0.1) is 0 Å². The first-order chi connectivity index (χ1) is 7.38. The smallest absolute Gasteiger partial charge is 0.150 e. The number of aldehydes is 1. The van der Waals surface area contributed by atoms with Gasteiger partial charge in [0.2, 0.25) is 0 Å². The van der Waals surface area contributed by atoms with Gasteiger partial charge >= 0.3 is 0 Å². The predicted molar refractivity (Wildman–Crippen MR) is 62.1 cm³/mol. The highest BCUT2D eigenvalue weighted by atomic mass is 16.1. The first-order valence-electron chi connectivity index (χ1n) is 5.06. The van der Waals surface area contributed by atoms with E-state index in [1.165, 1.54) is 16.5 Å². The van der Waals surface area contributed by atoms with E-state index >= 15 is 0 Å². The molecule has 3 rings (SSSR count). The summed E-state index contributed by atoms with van der Waals surface area (Å²) in [5.74, 6) is 0. The Balaban J connectivity index is 2.35. The lowest BCUT2D eigenvalue weighted by molar-refractivity contribution is 0.112. The number of fused-ring (bicyclic) bond motifs is 3. The van der Waals surface area contributed by atoms with Crippen molar-refractivity contribution in [1.29, 1.82) is 0 Å². The Kier molecular flexibility index (Phi) is 1.72. The standard InChI is InChI=1S/C14H10O/c15-9-10-4-7-14-12(8-10)6-5-11-2-1-3-13(11)14/h1-2,4-9H,3H2. The van der Waals surface area contributed by atoms with Crippen LogP contribution in [0.4, 0.5) is 0 Å². The SMILES string of the molecule is O=Cc1ccc2c3c(ccc2c1)C=CC3. The average Bonchev–Trinajstić information content (AvgIpc) is 2.76. The van der Waals surface area contributed by atoms with Crippen molar-refractivity contribution in [2.75, 3.05) is 0 Å². The van der Waals surface area contributed by atoms with Crippen LogP contribution < -0.4 is 0 Å². The molecule has 72 valence electrons. The van der Waals surface area contributed by atoms with Gasteiger partial charge in [-0.3, -0.25) is 4.79 Å². The van der Waals surface area contributed by atoms with Gasteiger partial charge in [0, 0.05) is 5.56 Å². The molecule has 0 N–H and O–H groups in total. The van der Waals surface area contributed by atoms with Gasteiger partial charge in [-0.2, -0.15) is 0 Å². The predicted octanol–water partition coefficient (Wildman–Crippen LogP) is 3.22. The van der Waals surface area contributed by atoms with Crippen LogP contribution in [0.1, 0.15) is 21.5 Å². The Labute approximate surface area is 88.0 Å². The molecule has 2 aromatic rings. The van der Waals surface area contributed by atoms with Crippen LogP contribution in [0.5, 0.6) is 0 Å². The van der Waals surface area contributed by atoms with Crippen LogP contribution in [0.3, 0.4) is 0 Å². The molecule has 0 bridgehead atoms. The minimum Gasteiger partial charge on any atom is -0.298 e. The van der Waals surface area contributed by atoms with E-state index in [1.807, 2.05) is 18.2 Å². The number of hydrogen-bond donors (Lipinski definition) is 0. The third kappa shape index (κ3) is 1.20. The zero-order valence-electron chi connectivity index (χ0n) is 8.23. The third-order valence-electron chi connectivity index (χ3n) is 2.95. The van der Waals surface area contributed by atoms with E-state index in [1.54, 1.807) is 0 Å². The normalized spacial score (nSPS) is 13.1. The highest BCUT2D eigenvalue weighted by Crippen LogP contribution is 2.28. The van der Waals surface area contributed by atoms with Crippen LogP contribution in [-0.4, -0.2) is 6.29 Å². The third-order valence-corrected chi connectivity index (χ3v) is 2.95.